The molecule has 16 heavy (non-hydrogen) atoms. The van der Waals surface area contributed by atoms with Gasteiger partial charge in [0.15, 0.2) is 0 Å². The van der Waals surface area contributed by atoms with Crippen LogP contribution in [0.3, 0.4) is 0 Å². The first-order valence-corrected chi connectivity index (χ1v) is 5.54. The van der Waals surface area contributed by atoms with Crippen LogP contribution in [0.2, 0.25) is 0 Å². The summed E-state index contributed by atoms with van der Waals surface area (Å²) in [5.41, 5.74) is 7.40. The van der Waals surface area contributed by atoms with Gasteiger partial charge in [-0.2, -0.15) is 5.10 Å². The van der Waals surface area contributed by atoms with E-state index in [0.717, 1.165) is 17.8 Å². The molecule has 0 spiro atoms. The largest absolute Gasteiger partial charge is 0.322 e. The summed E-state index contributed by atoms with van der Waals surface area (Å²) in [4.78, 5) is 11.8. The molecule has 0 aliphatic rings. The highest BCUT2D eigenvalue weighted by Crippen LogP contribution is 2.14. The summed E-state index contributed by atoms with van der Waals surface area (Å²) in [7, 11) is 1.83. The van der Waals surface area contributed by atoms with Crippen LogP contribution in [-0.2, 0) is 18.3 Å². The highest BCUT2D eigenvalue weighted by molar-refractivity contribution is 5.95. The van der Waals surface area contributed by atoms with E-state index in [-0.39, 0.29) is 11.8 Å². The number of amides is 1. The minimum absolute atomic E-state index is 0.127. The highest BCUT2D eigenvalue weighted by Gasteiger charge is 2.18. The smallest absolute Gasteiger partial charge is 0.241 e. The lowest BCUT2D eigenvalue weighted by Gasteiger charge is -2.14. The maximum Gasteiger partial charge on any atom is 0.241 e. The molecule has 1 heterocycles. The number of nitrogens with one attached hydrogen (secondary N) is 1. The predicted molar refractivity (Wildman–Crippen MR) is 64.0 cm³/mol. The molecule has 5 nitrogen and oxygen atoms in total. The van der Waals surface area contributed by atoms with E-state index in [1.807, 2.05) is 27.8 Å². The molecule has 0 fully saturated rings. The van der Waals surface area contributed by atoms with Crippen molar-refractivity contribution in [1.29, 1.82) is 0 Å². The maximum absolute atomic E-state index is 11.8. The quantitative estimate of drug-likeness (QED) is 0.798. The van der Waals surface area contributed by atoms with Gasteiger partial charge in [0.1, 0.15) is 0 Å². The van der Waals surface area contributed by atoms with Crippen molar-refractivity contribution in [3.8, 4) is 0 Å². The van der Waals surface area contributed by atoms with Crippen LogP contribution in [0, 0.1) is 5.92 Å². The number of hydrogen-bond acceptors (Lipinski definition) is 3. The van der Waals surface area contributed by atoms with E-state index in [4.69, 9.17) is 5.73 Å². The molecule has 0 aromatic carbocycles. The standard InChI is InChI=1S/C11H20N4O/c1-5-8-9(6-15(4)14-8)13-11(16)10(12)7(2)3/h6-7,10H,5,12H2,1-4H3,(H,13,16). The Bertz CT molecular complexity index is 370. The lowest BCUT2D eigenvalue weighted by Crippen LogP contribution is -2.39. The van der Waals surface area contributed by atoms with Gasteiger partial charge in [0.25, 0.3) is 0 Å². The van der Waals surface area contributed by atoms with Crippen LogP contribution in [0.1, 0.15) is 26.5 Å². The summed E-state index contributed by atoms with van der Waals surface area (Å²) in [6.45, 7) is 5.85. The fraction of sp³-hybridized carbons (Fsp3) is 0.636. The number of carbonyl (C=O) groups excluding carboxylic acids is 1. The van der Waals surface area contributed by atoms with Crippen LogP contribution in [0.15, 0.2) is 6.20 Å². The number of anilines is 1. The molecule has 1 aromatic heterocycles. The van der Waals surface area contributed by atoms with Crippen molar-refractivity contribution in [3.63, 3.8) is 0 Å². The van der Waals surface area contributed by atoms with Gasteiger partial charge in [-0.25, -0.2) is 0 Å². The fourth-order valence-electron chi connectivity index (χ4n) is 1.42. The molecule has 0 saturated carbocycles. The molecule has 1 rings (SSSR count). The summed E-state index contributed by atoms with van der Waals surface area (Å²) in [5, 5.41) is 7.06. The Morgan fingerprint density at radius 2 is 2.25 bits per heavy atom. The van der Waals surface area contributed by atoms with Gasteiger partial charge in [0.05, 0.1) is 17.4 Å². The minimum atomic E-state index is -0.482. The summed E-state index contributed by atoms with van der Waals surface area (Å²) >= 11 is 0. The van der Waals surface area contributed by atoms with Crippen molar-refractivity contribution < 1.29 is 4.79 Å². The van der Waals surface area contributed by atoms with Gasteiger partial charge in [0, 0.05) is 13.2 Å². The van der Waals surface area contributed by atoms with Crippen molar-refractivity contribution >= 4 is 11.6 Å². The van der Waals surface area contributed by atoms with Gasteiger partial charge in [-0.3, -0.25) is 9.48 Å². The van der Waals surface area contributed by atoms with Crippen LogP contribution < -0.4 is 11.1 Å². The maximum atomic E-state index is 11.8. The number of aromatic nitrogens is 2. The zero-order valence-corrected chi connectivity index (χ0v) is 10.3. The van der Waals surface area contributed by atoms with Crippen LogP contribution in [0.25, 0.3) is 0 Å². The molecule has 0 saturated heterocycles. The summed E-state index contributed by atoms with van der Waals surface area (Å²) in [6.07, 6.45) is 2.58. The molecular weight excluding hydrogens is 204 g/mol. The summed E-state index contributed by atoms with van der Waals surface area (Å²) in [5.74, 6) is -0.0283. The molecule has 90 valence electrons. The predicted octanol–water partition coefficient (Wildman–Crippen LogP) is 0.904. The molecule has 5 heteroatoms. The van der Waals surface area contributed by atoms with Gasteiger partial charge in [-0.05, 0) is 12.3 Å². The number of carbonyl (C=O) groups is 1. The van der Waals surface area contributed by atoms with E-state index in [1.54, 1.807) is 10.9 Å². The van der Waals surface area contributed by atoms with E-state index >= 15 is 0 Å². The first-order chi connectivity index (χ1) is 7.45. The highest BCUT2D eigenvalue weighted by atomic mass is 16.2. The van der Waals surface area contributed by atoms with Gasteiger partial charge in [-0.1, -0.05) is 20.8 Å². The zero-order chi connectivity index (χ0) is 12.3. The Morgan fingerprint density at radius 3 is 2.75 bits per heavy atom. The Morgan fingerprint density at radius 1 is 1.62 bits per heavy atom. The summed E-state index contributed by atoms with van der Waals surface area (Å²) < 4.78 is 1.69. The lowest BCUT2D eigenvalue weighted by atomic mass is 10.0. The second-order valence-corrected chi connectivity index (χ2v) is 4.28. The Kier molecular flexibility index (Phi) is 4.06. The Hall–Kier alpha value is -1.36. The van der Waals surface area contributed by atoms with E-state index in [0.29, 0.717) is 0 Å². The second kappa shape index (κ2) is 5.12. The minimum Gasteiger partial charge on any atom is -0.322 e. The number of aryl methyl sites for hydroxylation is 2. The second-order valence-electron chi connectivity index (χ2n) is 4.28. The van der Waals surface area contributed by atoms with E-state index < -0.39 is 6.04 Å². The number of nitrogens with zero attached hydrogens (tertiary/aromatic N) is 2. The normalized spacial score (nSPS) is 12.9. The third-order valence-electron chi connectivity index (χ3n) is 2.52. The molecule has 0 radical (unpaired) electrons. The third-order valence-corrected chi connectivity index (χ3v) is 2.52. The van der Waals surface area contributed by atoms with Crippen molar-refractivity contribution in [2.45, 2.75) is 33.2 Å². The SMILES string of the molecule is CCc1nn(C)cc1NC(=O)C(N)C(C)C. The average molecular weight is 224 g/mol. The van der Waals surface area contributed by atoms with Crippen molar-refractivity contribution in [1.82, 2.24) is 9.78 Å². The van der Waals surface area contributed by atoms with Crippen LogP contribution in [0.5, 0.6) is 0 Å². The summed E-state index contributed by atoms with van der Waals surface area (Å²) in [6, 6.07) is -0.482. The van der Waals surface area contributed by atoms with Crippen LogP contribution in [0.4, 0.5) is 5.69 Å². The Labute approximate surface area is 96.0 Å². The first kappa shape index (κ1) is 12.7. The van der Waals surface area contributed by atoms with Crippen molar-refractivity contribution in [2.24, 2.45) is 18.7 Å². The number of nitrogens with two attached hydrogens (primary N) is 1. The van der Waals surface area contributed by atoms with Gasteiger partial charge in [-0.15, -0.1) is 0 Å². The molecule has 1 aromatic rings. The first-order valence-electron chi connectivity index (χ1n) is 5.54. The van der Waals surface area contributed by atoms with Crippen LogP contribution in [-0.4, -0.2) is 21.7 Å². The van der Waals surface area contributed by atoms with Crippen molar-refractivity contribution in [3.05, 3.63) is 11.9 Å². The fourth-order valence-corrected chi connectivity index (χ4v) is 1.42. The topological polar surface area (TPSA) is 72.9 Å². The average Bonchev–Trinajstić information content (AvgIpc) is 2.57. The van der Waals surface area contributed by atoms with Gasteiger partial charge in [0.2, 0.25) is 5.91 Å². The molecular formula is C11H20N4O. The Balaban J connectivity index is 2.76. The zero-order valence-electron chi connectivity index (χ0n) is 10.3. The molecule has 1 atom stereocenters. The van der Waals surface area contributed by atoms with Crippen molar-refractivity contribution in [2.75, 3.05) is 5.32 Å². The molecule has 0 aliphatic carbocycles. The van der Waals surface area contributed by atoms with E-state index in [9.17, 15) is 4.79 Å². The molecule has 1 amide bonds. The van der Waals surface area contributed by atoms with Crippen LogP contribution >= 0.6 is 0 Å². The molecule has 1 unspecified atom stereocenters. The van der Waals surface area contributed by atoms with Gasteiger partial charge < -0.3 is 11.1 Å². The molecule has 0 bridgehead atoms. The van der Waals surface area contributed by atoms with Gasteiger partial charge >= 0.3 is 0 Å². The number of hydrogen-bond donors (Lipinski definition) is 2. The van der Waals surface area contributed by atoms with E-state index in [2.05, 4.69) is 10.4 Å². The third kappa shape index (κ3) is 2.82. The monoisotopic (exact) mass is 224 g/mol. The molecule has 0 aliphatic heterocycles. The number of rotatable bonds is 4. The lowest BCUT2D eigenvalue weighted by molar-refractivity contribution is -0.118. The molecule has 3 N–H and O–H groups in total. The van der Waals surface area contributed by atoms with E-state index in [1.165, 1.54) is 0 Å².